The minimum atomic E-state index is 0.0689. The SMILES string of the molecule is CC(C=O)Cc1ccc(I)c(N)c1. The Morgan fingerprint density at radius 2 is 2.31 bits per heavy atom. The molecule has 1 atom stereocenters. The smallest absolute Gasteiger partial charge is 0.123 e. The van der Waals surface area contributed by atoms with Crippen LogP contribution in [0.5, 0.6) is 0 Å². The van der Waals surface area contributed by atoms with E-state index in [9.17, 15) is 4.79 Å². The molecule has 13 heavy (non-hydrogen) atoms. The van der Waals surface area contributed by atoms with Crippen LogP contribution in [-0.4, -0.2) is 6.29 Å². The van der Waals surface area contributed by atoms with Gasteiger partial charge in [0, 0.05) is 15.2 Å². The molecule has 1 aromatic carbocycles. The number of hydrogen-bond donors (Lipinski definition) is 1. The minimum Gasteiger partial charge on any atom is -0.398 e. The van der Waals surface area contributed by atoms with Crippen LogP contribution in [0, 0.1) is 9.49 Å². The van der Waals surface area contributed by atoms with Crippen LogP contribution in [0.2, 0.25) is 0 Å². The first-order valence-corrected chi connectivity index (χ1v) is 5.20. The highest BCUT2D eigenvalue weighted by atomic mass is 127. The first-order valence-electron chi connectivity index (χ1n) is 4.12. The van der Waals surface area contributed by atoms with Crippen molar-refractivity contribution in [2.75, 3.05) is 5.73 Å². The zero-order valence-corrected chi connectivity index (χ0v) is 9.61. The summed E-state index contributed by atoms with van der Waals surface area (Å²) in [6.07, 6.45) is 1.73. The summed E-state index contributed by atoms with van der Waals surface area (Å²) in [5.41, 5.74) is 7.65. The zero-order valence-electron chi connectivity index (χ0n) is 7.46. The number of nitrogen functional groups attached to an aromatic ring is 1. The average molecular weight is 289 g/mol. The number of aldehydes is 1. The first kappa shape index (κ1) is 10.5. The van der Waals surface area contributed by atoms with Crippen LogP contribution >= 0.6 is 22.6 Å². The molecule has 0 aliphatic heterocycles. The van der Waals surface area contributed by atoms with Crippen LogP contribution < -0.4 is 5.73 Å². The molecule has 1 rings (SSSR count). The Morgan fingerprint density at radius 1 is 1.62 bits per heavy atom. The Kier molecular flexibility index (Phi) is 3.71. The normalized spacial score (nSPS) is 12.5. The highest BCUT2D eigenvalue weighted by Gasteiger charge is 2.03. The highest BCUT2D eigenvalue weighted by Crippen LogP contribution is 2.17. The van der Waals surface area contributed by atoms with Crippen LogP contribution in [0.25, 0.3) is 0 Å². The van der Waals surface area contributed by atoms with Crippen molar-refractivity contribution >= 4 is 34.6 Å². The second-order valence-electron chi connectivity index (χ2n) is 3.17. The van der Waals surface area contributed by atoms with Gasteiger partial charge in [0.05, 0.1) is 0 Å². The van der Waals surface area contributed by atoms with Crippen LogP contribution in [0.4, 0.5) is 5.69 Å². The number of rotatable bonds is 3. The van der Waals surface area contributed by atoms with Crippen molar-refractivity contribution in [1.82, 2.24) is 0 Å². The molecule has 0 radical (unpaired) electrons. The van der Waals surface area contributed by atoms with Crippen LogP contribution in [0.3, 0.4) is 0 Å². The summed E-state index contributed by atoms with van der Waals surface area (Å²) in [5.74, 6) is 0.0689. The number of carbonyl (C=O) groups is 1. The predicted molar refractivity (Wildman–Crippen MR) is 62.5 cm³/mol. The number of anilines is 1. The number of halogens is 1. The second-order valence-corrected chi connectivity index (χ2v) is 4.34. The monoisotopic (exact) mass is 289 g/mol. The van der Waals surface area contributed by atoms with Gasteiger partial charge in [-0.05, 0) is 46.7 Å². The maximum Gasteiger partial charge on any atom is 0.123 e. The van der Waals surface area contributed by atoms with Gasteiger partial charge in [-0.15, -0.1) is 0 Å². The molecule has 0 bridgehead atoms. The summed E-state index contributed by atoms with van der Waals surface area (Å²) in [4.78, 5) is 10.4. The summed E-state index contributed by atoms with van der Waals surface area (Å²) in [6.45, 7) is 1.90. The van der Waals surface area contributed by atoms with E-state index in [0.717, 1.165) is 27.5 Å². The van der Waals surface area contributed by atoms with Crippen molar-refractivity contribution in [3.63, 3.8) is 0 Å². The van der Waals surface area contributed by atoms with Gasteiger partial charge in [-0.1, -0.05) is 13.0 Å². The van der Waals surface area contributed by atoms with E-state index in [1.165, 1.54) is 0 Å². The van der Waals surface area contributed by atoms with Crippen molar-refractivity contribution in [2.45, 2.75) is 13.3 Å². The van der Waals surface area contributed by atoms with E-state index in [1.807, 2.05) is 25.1 Å². The lowest BCUT2D eigenvalue weighted by Gasteiger charge is -2.05. The zero-order chi connectivity index (χ0) is 9.84. The minimum absolute atomic E-state index is 0.0689. The molecule has 0 aliphatic carbocycles. The van der Waals surface area contributed by atoms with Crippen molar-refractivity contribution in [2.24, 2.45) is 5.92 Å². The van der Waals surface area contributed by atoms with Crippen molar-refractivity contribution in [3.8, 4) is 0 Å². The fourth-order valence-electron chi connectivity index (χ4n) is 1.14. The summed E-state index contributed by atoms with van der Waals surface area (Å²) >= 11 is 2.19. The Morgan fingerprint density at radius 3 is 2.85 bits per heavy atom. The fourth-order valence-corrected chi connectivity index (χ4v) is 1.48. The van der Waals surface area contributed by atoms with Gasteiger partial charge >= 0.3 is 0 Å². The summed E-state index contributed by atoms with van der Waals surface area (Å²) < 4.78 is 1.06. The summed E-state index contributed by atoms with van der Waals surface area (Å²) in [5, 5.41) is 0. The Labute approximate surface area is 91.7 Å². The molecule has 1 unspecified atom stereocenters. The second kappa shape index (κ2) is 4.60. The van der Waals surface area contributed by atoms with Gasteiger partial charge in [0.2, 0.25) is 0 Å². The maximum atomic E-state index is 10.4. The third kappa shape index (κ3) is 2.99. The summed E-state index contributed by atoms with van der Waals surface area (Å²) in [6, 6.07) is 5.92. The molecule has 0 amide bonds. The third-order valence-electron chi connectivity index (χ3n) is 1.85. The van der Waals surface area contributed by atoms with E-state index < -0.39 is 0 Å². The highest BCUT2D eigenvalue weighted by molar-refractivity contribution is 14.1. The largest absolute Gasteiger partial charge is 0.398 e. The Hall–Kier alpha value is -0.580. The number of nitrogens with two attached hydrogens (primary N) is 1. The van der Waals surface area contributed by atoms with E-state index in [-0.39, 0.29) is 5.92 Å². The van der Waals surface area contributed by atoms with Crippen molar-refractivity contribution in [3.05, 3.63) is 27.3 Å². The molecule has 0 saturated carbocycles. The molecule has 0 spiro atoms. The standard InChI is InChI=1S/C10H12INO/c1-7(6-13)4-8-2-3-9(11)10(12)5-8/h2-3,5-7H,4,12H2,1H3. The molecule has 3 heteroatoms. The van der Waals surface area contributed by atoms with Crippen LogP contribution in [0.1, 0.15) is 12.5 Å². The molecule has 0 heterocycles. The van der Waals surface area contributed by atoms with Crippen molar-refractivity contribution < 1.29 is 4.79 Å². The van der Waals surface area contributed by atoms with E-state index in [1.54, 1.807) is 0 Å². The van der Waals surface area contributed by atoms with Gasteiger partial charge in [0.25, 0.3) is 0 Å². The first-order chi connectivity index (χ1) is 6.13. The van der Waals surface area contributed by atoms with Gasteiger partial charge in [0.15, 0.2) is 0 Å². The third-order valence-corrected chi connectivity index (χ3v) is 2.83. The van der Waals surface area contributed by atoms with Crippen molar-refractivity contribution in [1.29, 1.82) is 0 Å². The molecule has 2 N–H and O–H groups in total. The average Bonchev–Trinajstić information content (AvgIpc) is 2.11. The lowest BCUT2D eigenvalue weighted by Crippen LogP contribution is -2.01. The van der Waals surface area contributed by atoms with E-state index >= 15 is 0 Å². The Balaban J connectivity index is 2.79. The fraction of sp³-hybridized carbons (Fsp3) is 0.300. The molecular formula is C10H12INO. The van der Waals surface area contributed by atoms with E-state index in [2.05, 4.69) is 22.6 Å². The number of benzene rings is 1. The summed E-state index contributed by atoms with van der Waals surface area (Å²) in [7, 11) is 0. The van der Waals surface area contributed by atoms with Gasteiger partial charge in [-0.25, -0.2) is 0 Å². The topological polar surface area (TPSA) is 43.1 Å². The van der Waals surface area contributed by atoms with Gasteiger partial charge < -0.3 is 10.5 Å². The molecule has 0 aromatic heterocycles. The lowest BCUT2D eigenvalue weighted by molar-refractivity contribution is -0.110. The maximum absolute atomic E-state index is 10.4. The van der Waals surface area contributed by atoms with E-state index in [4.69, 9.17) is 5.73 Å². The van der Waals surface area contributed by atoms with Gasteiger partial charge in [-0.3, -0.25) is 0 Å². The molecule has 0 aliphatic rings. The molecule has 1 aromatic rings. The van der Waals surface area contributed by atoms with E-state index in [0.29, 0.717) is 0 Å². The number of carbonyl (C=O) groups excluding carboxylic acids is 1. The number of hydrogen-bond acceptors (Lipinski definition) is 2. The van der Waals surface area contributed by atoms with Crippen LogP contribution in [0.15, 0.2) is 18.2 Å². The predicted octanol–water partition coefficient (Wildman–Crippen LogP) is 2.25. The molecular weight excluding hydrogens is 277 g/mol. The van der Waals surface area contributed by atoms with Gasteiger partial charge in [-0.2, -0.15) is 0 Å². The molecule has 0 fully saturated rings. The quantitative estimate of drug-likeness (QED) is 0.527. The lowest BCUT2D eigenvalue weighted by atomic mass is 10.0. The molecule has 2 nitrogen and oxygen atoms in total. The Bertz CT molecular complexity index is 312. The molecule has 70 valence electrons. The molecule has 0 saturated heterocycles. The van der Waals surface area contributed by atoms with Gasteiger partial charge in [0.1, 0.15) is 6.29 Å². The van der Waals surface area contributed by atoms with Crippen LogP contribution in [-0.2, 0) is 11.2 Å².